The number of oxime groups is 1. The fourth-order valence-corrected chi connectivity index (χ4v) is 2.53. The number of hydrogen-bond donors (Lipinski definition) is 1. The van der Waals surface area contributed by atoms with E-state index in [0.29, 0.717) is 17.9 Å². The highest BCUT2D eigenvalue weighted by Crippen LogP contribution is 2.30. The quantitative estimate of drug-likeness (QED) is 0.522. The molecule has 0 fully saturated rings. The monoisotopic (exact) mass is 305 g/mol. The number of nitrogens with zero attached hydrogens (tertiary/aromatic N) is 1. The van der Waals surface area contributed by atoms with Crippen molar-refractivity contribution >= 4 is 17.5 Å². The average molecular weight is 305 g/mol. The Labute approximate surface area is 118 Å². The molecule has 0 aromatic heterocycles. The lowest BCUT2D eigenvalue weighted by atomic mass is 9.90. The molecule has 3 nitrogen and oxygen atoms in total. The van der Waals surface area contributed by atoms with Gasteiger partial charge in [-0.05, 0) is 48.7 Å². The first-order valence-electron chi connectivity index (χ1n) is 6.17. The van der Waals surface area contributed by atoms with Crippen LogP contribution in [0.25, 0.3) is 0 Å². The highest BCUT2D eigenvalue weighted by atomic mass is 32.2. The predicted octanol–water partition coefficient (Wildman–Crippen LogP) is 3.83. The molecule has 0 radical (unpaired) electrons. The SMILES string of the molecule is O/N=C1/CCCc2ccc(OCCSC(F)(F)F)cc21. The second-order valence-electron chi connectivity index (χ2n) is 4.36. The third-order valence-electron chi connectivity index (χ3n) is 2.99. The average Bonchev–Trinajstić information content (AvgIpc) is 2.41. The molecule has 20 heavy (non-hydrogen) atoms. The Hall–Kier alpha value is -1.37. The van der Waals surface area contributed by atoms with E-state index in [1.165, 1.54) is 0 Å². The molecule has 0 saturated heterocycles. The van der Waals surface area contributed by atoms with Gasteiger partial charge in [0, 0.05) is 11.3 Å². The van der Waals surface area contributed by atoms with E-state index in [9.17, 15) is 13.2 Å². The van der Waals surface area contributed by atoms with Crippen LogP contribution in [-0.2, 0) is 6.42 Å². The Morgan fingerprint density at radius 2 is 2.10 bits per heavy atom. The molecule has 1 aliphatic carbocycles. The highest BCUT2D eigenvalue weighted by Gasteiger charge is 2.27. The summed E-state index contributed by atoms with van der Waals surface area (Å²) in [6, 6.07) is 5.32. The minimum absolute atomic E-state index is 0.0193. The van der Waals surface area contributed by atoms with Gasteiger partial charge in [0.2, 0.25) is 0 Å². The van der Waals surface area contributed by atoms with Crippen molar-refractivity contribution in [2.24, 2.45) is 5.16 Å². The Kier molecular flexibility index (Phi) is 4.80. The van der Waals surface area contributed by atoms with Crippen molar-refractivity contribution in [2.75, 3.05) is 12.4 Å². The van der Waals surface area contributed by atoms with E-state index >= 15 is 0 Å². The Morgan fingerprint density at radius 3 is 2.80 bits per heavy atom. The molecule has 2 rings (SSSR count). The normalized spacial score (nSPS) is 17.1. The number of alkyl halides is 3. The number of fused-ring (bicyclic) bond motifs is 1. The largest absolute Gasteiger partial charge is 0.493 e. The number of rotatable bonds is 4. The van der Waals surface area contributed by atoms with Crippen LogP contribution in [0.3, 0.4) is 0 Å². The molecule has 0 spiro atoms. The fourth-order valence-electron chi connectivity index (χ4n) is 2.13. The fraction of sp³-hybridized carbons (Fsp3) is 0.462. The van der Waals surface area contributed by atoms with Crippen molar-refractivity contribution < 1.29 is 23.1 Å². The zero-order chi connectivity index (χ0) is 14.6. The summed E-state index contributed by atoms with van der Waals surface area (Å²) in [5, 5.41) is 12.2. The molecule has 0 heterocycles. The van der Waals surface area contributed by atoms with Crippen molar-refractivity contribution in [2.45, 2.75) is 24.8 Å². The number of ether oxygens (including phenoxy) is 1. The zero-order valence-corrected chi connectivity index (χ0v) is 11.4. The molecule has 1 aliphatic rings. The summed E-state index contributed by atoms with van der Waals surface area (Å²) < 4.78 is 41.2. The number of aryl methyl sites for hydroxylation is 1. The van der Waals surface area contributed by atoms with Gasteiger partial charge in [-0.3, -0.25) is 0 Å². The Bertz CT molecular complexity index is 503. The smallest absolute Gasteiger partial charge is 0.441 e. The summed E-state index contributed by atoms with van der Waals surface area (Å²) in [7, 11) is 0. The van der Waals surface area contributed by atoms with Crippen LogP contribution in [0, 0.1) is 0 Å². The predicted molar refractivity (Wildman–Crippen MR) is 71.7 cm³/mol. The molecule has 0 atom stereocenters. The summed E-state index contributed by atoms with van der Waals surface area (Å²) in [5.41, 5.74) is -1.74. The third-order valence-corrected chi connectivity index (χ3v) is 3.69. The lowest BCUT2D eigenvalue weighted by Gasteiger charge is -2.18. The van der Waals surface area contributed by atoms with Crippen molar-refractivity contribution in [1.29, 1.82) is 0 Å². The second-order valence-corrected chi connectivity index (χ2v) is 5.52. The van der Waals surface area contributed by atoms with E-state index in [-0.39, 0.29) is 24.1 Å². The van der Waals surface area contributed by atoms with Gasteiger partial charge in [0.05, 0.1) is 12.3 Å². The molecule has 1 aromatic carbocycles. The number of hydrogen-bond acceptors (Lipinski definition) is 4. The first-order chi connectivity index (χ1) is 9.49. The van der Waals surface area contributed by atoms with Crippen LogP contribution >= 0.6 is 11.8 Å². The number of thioether (sulfide) groups is 1. The minimum atomic E-state index is -4.23. The summed E-state index contributed by atoms with van der Waals surface area (Å²) in [6.45, 7) is -0.0193. The highest BCUT2D eigenvalue weighted by molar-refractivity contribution is 8.00. The van der Waals surface area contributed by atoms with Crippen LogP contribution in [0.4, 0.5) is 13.2 Å². The van der Waals surface area contributed by atoms with Gasteiger partial charge in [-0.25, -0.2) is 0 Å². The van der Waals surface area contributed by atoms with Crippen LogP contribution < -0.4 is 4.74 Å². The Balaban J connectivity index is 1.97. The van der Waals surface area contributed by atoms with E-state index in [1.54, 1.807) is 12.1 Å². The molecule has 0 bridgehead atoms. The van der Waals surface area contributed by atoms with E-state index in [0.717, 1.165) is 24.0 Å². The maximum Gasteiger partial charge on any atom is 0.441 e. The standard InChI is InChI=1S/C13H14F3NO2S/c14-13(15,16)20-7-6-19-10-5-4-9-2-1-3-12(17-18)11(9)8-10/h4-5,8,18H,1-3,6-7H2/b17-12-. The first kappa shape index (κ1) is 15.0. The van der Waals surface area contributed by atoms with Gasteiger partial charge in [-0.15, -0.1) is 0 Å². The summed E-state index contributed by atoms with van der Waals surface area (Å²) in [6.07, 6.45) is 2.52. The van der Waals surface area contributed by atoms with Crippen molar-refractivity contribution in [1.82, 2.24) is 0 Å². The second kappa shape index (κ2) is 6.39. The van der Waals surface area contributed by atoms with Crippen LogP contribution in [0.15, 0.2) is 23.4 Å². The van der Waals surface area contributed by atoms with Crippen LogP contribution in [0.2, 0.25) is 0 Å². The lowest BCUT2D eigenvalue weighted by molar-refractivity contribution is -0.0329. The van der Waals surface area contributed by atoms with Crippen LogP contribution in [-0.4, -0.2) is 28.8 Å². The Morgan fingerprint density at radius 1 is 1.30 bits per heavy atom. The van der Waals surface area contributed by atoms with Crippen molar-refractivity contribution in [3.05, 3.63) is 29.3 Å². The van der Waals surface area contributed by atoms with E-state index in [1.807, 2.05) is 6.07 Å². The van der Waals surface area contributed by atoms with E-state index in [2.05, 4.69) is 5.16 Å². The number of benzene rings is 1. The molecule has 7 heteroatoms. The lowest BCUT2D eigenvalue weighted by Crippen LogP contribution is -2.13. The minimum Gasteiger partial charge on any atom is -0.493 e. The van der Waals surface area contributed by atoms with Gasteiger partial charge < -0.3 is 9.94 Å². The summed E-state index contributed by atoms with van der Waals surface area (Å²) >= 11 is -0.102. The summed E-state index contributed by atoms with van der Waals surface area (Å²) in [4.78, 5) is 0. The molecule has 0 saturated carbocycles. The van der Waals surface area contributed by atoms with Crippen LogP contribution in [0.1, 0.15) is 24.0 Å². The van der Waals surface area contributed by atoms with Gasteiger partial charge in [-0.2, -0.15) is 13.2 Å². The maximum atomic E-state index is 12.0. The first-order valence-corrected chi connectivity index (χ1v) is 7.16. The molecule has 1 N–H and O–H groups in total. The topological polar surface area (TPSA) is 41.8 Å². The van der Waals surface area contributed by atoms with Gasteiger partial charge in [0.15, 0.2) is 0 Å². The third kappa shape index (κ3) is 4.06. The zero-order valence-electron chi connectivity index (χ0n) is 10.6. The molecular weight excluding hydrogens is 291 g/mol. The van der Waals surface area contributed by atoms with Gasteiger partial charge in [0.1, 0.15) is 5.75 Å². The molecule has 0 amide bonds. The van der Waals surface area contributed by atoms with Crippen molar-refractivity contribution in [3.8, 4) is 5.75 Å². The molecule has 110 valence electrons. The molecule has 0 aliphatic heterocycles. The van der Waals surface area contributed by atoms with Gasteiger partial charge >= 0.3 is 5.51 Å². The maximum absolute atomic E-state index is 12.0. The van der Waals surface area contributed by atoms with E-state index < -0.39 is 5.51 Å². The van der Waals surface area contributed by atoms with Gasteiger partial charge in [0.25, 0.3) is 0 Å². The molecular formula is C13H14F3NO2S. The van der Waals surface area contributed by atoms with E-state index in [4.69, 9.17) is 9.94 Å². The number of halogens is 3. The van der Waals surface area contributed by atoms with Crippen molar-refractivity contribution in [3.63, 3.8) is 0 Å². The van der Waals surface area contributed by atoms with Crippen LogP contribution in [0.5, 0.6) is 5.75 Å². The molecule has 1 aromatic rings. The summed E-state index contributed by atoms with van der Waals surface area (Å²) in [5.74, 6) is 0.344. The molecule has 0 unspecified atom stereocenters. The van der Waals surface area contributed by atoms with Gasteiger partial charge in [-0.1, -0.05) is 11.2 Å².